The summed E-state index contributed by atoms with van der Waals surface area (Å²) >= 11 is 0. The van der Waals surface area contributed by atoms with Crippen molar-refractivity contribution >= 4 is 9.84 Å². The lowest BCUT2D eigenvalue weighted by Gasteiger charge is -2.06. The lowest BCUT2D eigenvalue weighted by Crippen LogP contribution is -2.12. The molecule has 0 saturated heterocycles. The first-order valence-corrected chi connectivity index (χ1v) is 6.12. The molecule has 76 valence electrons. The molecule has 0 fully saturated rings. The molecule has 0 N–H and O–H groups in total. The van der Waals surface area contributed by atoms with Gasteiger partial charge in [0.2, 0.25) is 0 Å². The van der Waals surface area contributed by atoms with Gasteiger partial charge >= 0.3 is 0 Å². The zero-order valence-corrected chi connectivity index (χ0v) is 9.00. The van der Waals surface area contributed by atoms with Crippen LogP contribution in [0.4, 0.5) is 0 Å². The Hall–Kier alpha value is -1.09. The molecule has 0 heterocycles. The molecule has 2 nitrogen and oxygen atoms in total. The van der Waals surface area contributed by atoms with Crippen molar-refractivity contribution in [2.24, 2.45) is 5.92 Å². The molecule has 1 aromatic rings. The number of hydrogen-bond donors (Lipinski definition) is 0. The minimum absolute atomic E-state index is 0.0137. The van der Waals surface area contributed by atoms with Crippen LogP contribution in [0.25, 0.3) is 0 Å². The summed E-state index contributed by atoms with van der Waals surface area (Å²) in [6, 6.07) is 8.49. The maximum atomic E-state index is 11.8. The summed E-state index contributed by atoms with van der Waals surface area (Å²) in [4.78, 5) is 0.383. The molecule has 0 spiro atoms. The fraction of sp³-hybridized carbons (Fsp3) is 0.273. The molecule has 1 aromatic carbocycles. The van der Waals surface area contributed by atoms with Gasteiger partial charge in [-0.05, 0) is 18.1 Å². The third-order valence-electron chi connectivity index (χ3n) is 1.99. The SMILES string of the molecule is C=CC(C)CS(=O)(=O)c1ccccc1. The van der Waals surface area contributed by atoms with Crippen molar-refractivity contribution in [1.29, 1.82) is 0 Å². The van der Waals surface area contributed by atoms with Gasteiger partial charge in [0.15, 0.2) is 9.84 Å². The Morgan fingerprint density at radius 1 is 1.36 bits per heavy atom. The van der Waals surface area contributed by atoms with Crippen LogP contribution in [-0.4, -0.2) is 14.2 Å². The molecule has 0 saturated carbocycles. The highest BCUT2D eigenvalue weighted by Crippen LogP contribution is 2.13. The Balaban J connectivity index is 2.92. The molecule has 0 radical (unpaired) electrons. The first kappa shape index (κ1) is 11.0. The lowest BCUT2D eigenvalue weighted by molar-refractivity contribution is 0.588. The molecule has 1 atom stereocenters. The average Bonchev–Trinajstić information content (AvgIpc) is 2.18. The molecule has 0 aliphatic rings. The van der Waals surface area contributed by atoms with Gasteiger partial charge in [-0.2, -0.15) is 0 Å². The second kappa shape index (κ2) is 4.42. The third kappa shape index (κ3) is 2.70. The van der Waals surface area contributed by atoms with Crippen molar-refractivity contribution in [2.75, 3.05) is 5.75 Å². The van der Waals surface area contributed by atoms with Gasteiger partial charge in [-0.3, -0.25) is 0 Å². The van der Waals surface area contributed by atoms with Crippen LogP contribution in [-0.2, 0) is 9.84 Å². The van der Waals surface area contributed by atoms with Gasteiger partial charge in [-0.25, -0.2) is 8.42 Å². The van der Waals surface area contributed by atoms with E-state index < -0.39 is 9.84 Å². The van der Waals surface area contributed by atoms with E-state index >= 15 is 0 Å². The van der Waals surface area contributed by atoms with Gasteiger partial charge < -0.3 is 0 Å². The molecule has 0 aliphatic heterocycles. The van der Waals surface area contributed by atoms with Crippen molar-refractivity contribution < 1.29 is 8.42 Å². The van der Waals surface area contributed by atoms with E-state index in [4.69, 9.17) is 0 Å². The van der Waals surface area contributed by atoms with Crippen LogP contribution in [0.15, 0.2) is 47.9 Å². The van der Waals surface area contributed by atoms with E-state index in [-0.39, 0.29) is 11.7 Å². The van der Waals surface area contributed by atoms with Gasteiger partial charge in [-0.15, -0.1) is 6.58 Å². The van der Waals surface area contributed by atoms with E-state index in [1.54, 1.807) is 36.4 Å². The Bertz CT molecular complexity index is 393. The van der Waals surface area contributed by atoms with E-state index in [2.05, 4.69) is 6.58 Å². The van der Waals surface area contributed by atoms with Crippen LogP contribution < -0.4 is 0 Å². The zero-order valence-electron chi connectivity index (χ0n) is 8.18. The fourth-order valence-electron chi connectivity index (χ4n) is 1.14. The van der Waals surface area contributed by atoms with E-state index in [0.717, 1.165) is 0 Å². The number of hydrogen-bond acceptors (Lipinski definition) is 2. The number of benzene rings is 1. The first-order chi connectivity index (χ1) is 6.56. The Kier molecular flexibility index (Phi) is 3.47. The summed E-state index contributed by atoms with van der Waals surface area (Å²) in [5.41, 5.74) is 0. The fourth-order valence-corrected chi connectivity index (χ4v) is 2.73. The molecule has 0 amide bonds. The molecule has 1 rings (SSSR count). The molecule has 3 heteroatoms. The summed E-state index contributed by atoms with van der Waals surface area (Å²) < 4.78 is 23.5. The highest BCUT2D eigenvalue weighted by atomic mass is 32.2. The van der Waals surface area contributed by atoms with Crippen molar-refractivity contribution in [1.82, 2.24) is 0 Å². The van der Waals surface area contributed by atoms with E-state index in [1.807, 2.05) is 6.92 Å². The van der Waals surface area contributed by atoms with Gasteiger partial charge in [0.1, 0.15) is 0 Å². The summed E-state index contributed by atoms with van der Waals surface area (Å²) in [6.45, 7) is 5.41. The minimum atomic E-state index is -3.14. The van der Waals surface area contributed by atoms with Gasteiger partial charge in [0.25, 0.3) is 0 Å². The van der Waals surface area contributed by atoms with Crippen molar-refractivity contribution in [3.05, 3.63) is 43.0 Å². The first-order valence-electron chi connectivity index (χ1n) is 4.46. The highest BCUT2D eigenvalue weighted by molar-refractivity contribution is 7.91. The summed E-state index contributed by atoms with van der Waals surface area (Å²) in [7, 11) is -3.14. The van der Waals surface area contributed by atoms with E-state index in [9.17, 15) is 8.42 Å². The Labute approximate surface area is 85.2 Å². The number of allylic oxidation sites excluding steroid dienone is 1. The summed E-state index contributed by atoms with van der Waals surface area (Å²) in [5, 5.41) is 0. The van der Waals surface area contributed by atoms with Crippen LogP contribution in [0.3, 0.4) is 0 Å². The zero-order chi connectivity index (χ0) is 10.6. The molecular formula is C11H14O2S. The van der Waals surface area contributed by atoms with Crippen molar-refractivity contribution in [3.8, 4) is 0 Å². The lowest BCUT2D eigenvalue weighted by atomic mass is 10.2. The predicted molar refractivity (Wildman–Crippen MR) is 57.9 cm³/mol. The molecule has 0 aliphatic carbocycles. The molecule has 0 aromatic heterocycles. The number of rotatable bonds is 4. The van der Waals surface area contributed by atoms with E-state index in [0.29, 0.717) is 4.90 Å². The monoisotopic (exact) mass is 210 g/mol. The summed E-state index contributed by atoms with van der Waals surface area (Å²) in [5.74, 6) is 0.112. The average molecular weight is 210 g/mol. The van der Waals surface area contributed by atoms with Crippen LogP contribution in [0.2, 0.25) is 0 Å². The smallest absolute Gasteiger partial charge is 0.178 e. The van der Waals surface area contributed by atoms with E-state index in [1.165, 1.54) is 0 Å². The normalized spacial score (nSPS) is 13.5. The maximum Gasteiger partial charge on any atom is 0.178 e. The second-order valence-electron chi connectivity index (χ2n) is 3.31. The molecule has 14 heavy (non-hydrogen) atoms. The molecule has 1 unspecified atom stereocenters. The Morgan fingerprint density at radius 2 is 1.93 bits per heavy atom. The maximum absolute atomic E-state index is 11.8. The van der Waals surface area contributed by atoms with Gasteiger partial charge in [0, 0.05) is 0 Å². The third-order valence-corrected chi connectivity index (χ3v) is 3.94. The standard InChI is InChI=1S/C11H14O2S/c1-3-10(2)9-14(12,13)11-7-5-4-6-8-11/h3-8,10H,1,9H2,2H3. The number of sulfone groups is 1. The van der Waals surface area contributed by atoms with Crippen molar-refractivity contribution in [3.63, 3.8) is 0 Å². The Morgan fingerprint density at radius 3 is 2.43 bits per heavy atom. The van der Waals surface area contributed by atoms with Crippen LogP contribution in [0.1, 0.15) is 6.92 Å². The summed E-state index contributed by atoms with van der Waals surface area (Å²) in [6.07, 6.45) is 1.65. The predicted octanol–water partition coefficient (Wildman–Crippen LogP) is 2.28. The van der Waals surface area contributed by atoms with Crippen molar-refractivity contribution in [2.45, 2.75) is 11.8 Å². The highest BCUT2D eigenvalue weighted by Gasteiger charge is 2.15. The molecule has 0 bridgehead atoms. The molecular weight excluding hydrogens is 196 g/mol. The second-order valence-corrected chi connectivity index (χ2v) is 5.34. The van der Waals surface area contributed by atoms with Crippen LogP contribution in [0.5, 0.6) is 0 Å². The minimum Gasteiger partial charge on any atom is -0.224 e. The topological polar surface area (TPSA) is 34.1 Å². The quantitative estimate of drug-likeness (QED) is 0.714. The largest absolute Gasteiger partial charge is 0.224 e. The van der Waals surface area contributed by atoms with Crippen LogP contribution >= 0.6 is 0 Å². The van der Waals surface area contributed by atoms with Gasteiger partial charge in [0.05, 0.1) is 10.6 Å². The van der Waals surface area contributed by atoms with Crippen LogP contribution in [0, 0.1) is 5.92 Å². The van der Waals surface area contributed by atoms with Gasteiger partial charge in [-0.1, -0.05) is 31.2 Å².